The third-order valence-electron chi connectivity index (χ3n) is 2.83. The second kappa shape index (κ2) is 6.43. The molecule has 1 rings (SSSR count). The van der Waals surface area contributed by atoms with E-state index in [9.17, 15) is 9.59 Å². The van der Waals surface area contributed by atoms with Gasteiger partial charge in [0.25, 0.3) is 0 Å². The van der Waals surface area contributed by atoms with Crippen LogP contribution < -0.4 is 5.73 Å². The fraction of sp³-hybridized carbons (Fsp3) is 0.818. The maximum absolute atomic E-state index is 11.0. The van der Waals surface area contributed by atoms with Gasteiger partial charge in [0.05, 0.1) is 6.61 Å². The molecular weight excluding hydrogens is 194 g/mol. The SMILES string of the molecule is NC(=O)CC(=O)OCCC1CCCCC1. The van der Waals surface area contributed by atoms with Crippen molar-refractivity contribution >= 4 is 11.9 Å². The average Bonchev–Trinajstić information content (AvgIpc) is 2.18. The van der Waals surface area contributed by atoms with Gasteiger partial charge in [0.15, 0.2) is 0 Å². The van der Waals surface area contributed by atoms with Crippen molar-refractivity contribution in [3.05, 3.63) is 0 Å². The van der Waals surface area contributed by atoms with E-state index in [1.165, 1.54) is 32.1 Å². The first-order chi connectivity index (χ1) is 7.18. The van der Waals surface area contributed by atoms with Crippen LogP contribution in [0.4, 0.5) is 0 Å². The van der Waals surface area contributed by atoms with Gasteiger partial charge in [-0.2, -0.15) is 0 Å². The molecule has 0 aromatic heterocycles. The molecule has 1 aliphatic carbocycles. The first kappa shape index (κ1) is 12.0. The van der Waals surface area contributed by atoms with Gasteiger partial charge < -0.3 is 10.5 Å². The third-order valence-corrected chi connectivity index (χ3v) is 2.83. The minimum atomic E-state index is -0.627. The maximum Gasteiger partial charge on any atom is 0.315 e. The Hall–Kier alpha value is -1.06. The molecule has 0 spiro atoms. The van der Waals surface area contributed by atoms with E-state index in [2.05, 4.69) is 0 Å². The van der Waals surface area contributed by atoms with Gasteiger partial charge in [-0.1, -0.05) is 32.1 Å². The molecule has 0 atom stereocenters. The predicted octanol–water partition coefficient (Wildman–Crippen LogP) is 1.38. The highest BCUT2D eigenvalue weighted by atomic mass is 16.5. The van der Waals surface area contributed by atoms with E-state index in [0.29, 0.717) is 12.5 Å². The highest BCUT2D eigenvalue weighted by molar-refractivity contribution is 5.93. The van der Waals surface area contributed by atoms with E-state index >= 15 is 0 Å². The fourth-order valence-corrected chi connectivity index (χ4v) is 2.01. The van der Waals surface area contributed by atoms with E-state index in [0.717, 1.165) is 6.42 Å². The van der Waals surface area contributed by atoms with Crippen LogP contribution in [0.3, 0.4) is 0 Å². The zero-order chi connectivity index (χ0) is 11.1. The number of amides is 1. The number of carbonyl (C=O) groups excluding carboxylic acids is 2. The quantitative estimate of drug-likeness (QED) is 0.554. The summed E-state index contributed by atoms with van der Waals surface area (Å²) in [6, 6.07) is 0. The number of hydrogen-bond donors (Lipinski definition) is 1. The average molecular weight is 213 g/mol. The fourth-order valence-electron chi connectivity index (χ4n) is 2.01. The zero-order valence-electron chi connectivity index (χ0n) is 9.04. The normalized spacial score (nSPS) is 17.3. The zero-order valence-corrected chi connectivity index (χ0v) is 9.04. The summed E-state index contributed by atoms with van der Waals surface area (Å²) in [5, 5.41) is 0. The Morgan fingerprint density at radius 3 is 2.47 bits per heavy atom. The molecule has 0 radical (unpaired) electrons. The number of hydrogen-bond acceptors (Lipinski definition) is 3. The van der Waals surface area contributed by atoms with Crippen LogP contribution in [0.1, 0.15) is 44.9 Å². The molecule has 0 unspecified atom stereocenters. The van der Waals surface area contributed by atoms with Crippen molar-refractivity contribution in [2.45, 2.75) is 44.9 Å². The van der Waals surface area contributed by atoms with Crippen LogP contribution in [-0.2, 0) is 14.3 Å². The van der Waals surface area contributed by atoms with E-state index in [4.69, 9.17) is 10.5 Å². The molecule has 86 valence electrons. The van der Waals surface area contributed by atoms with Crippen LogP contribution in [0.5, 0.6) is 0 Å². The highest BCUT2D eigenvalue weighted by Gasteiger charge is 2.14. The largest absolute Gasteiger partial charge is 0.465 e. The van der Waals surface area contributed by atoms with Crippen molar-refractivity contribution < 1.29 is 14.3 Å². The van der Waals surface area contributed by atoms with Gasteiger partial charge in [0.1, 0.15) is 6.42 Å². The molecular formula is C11H19NO3. The second-order valence-corrected chi connectivity index (χ2v) is 4.16. The topological polar surface area (TPSA) is 69.4 Å². The molecule has 0 aliphatic heterocycles. The van der Waals surface area contributed by atoms with Crippen LogP contribution in [0, 0.1) is 5.92 Å². The molecule has 1 amide bonds. The van der Waals surface area contributed by atoms with Crippen molar-refractivity contribution in [1.29, 1.82) is 0 Å². The lowest BCUT2D eigenvalue weighted by Gasteiger charge is -2.20. The Balaban J connectivity index is 2.04. The van der Waals surface area contributed by atoms with Gasteiger partial charge in [0, 0.05) is 0 Å². The molecule has 0 heterocycles. The van der Waals surface area contributed by atoms with Crippen LogP contribution >= 0.6 is 0 Å². The lowest BCUT2D eigenvalue weighted by atomic mass is 9.87. The molecule has 2 N–H and O–H groups in total. The minimum Gasteiger partial charge on any atom is -0.465 e. The van der Waals surface area contributed by atoms with Crippen LogP contribution in [0.25, 0.3) is 0 Å². The summed E-state index contributed by atoms with van der Waals surface area (Å²) in [6.07, 6.45) is 7.02. The molecule has 4 heteroatoms. The summed E-state index contributed by atoms with van der Waals surface area (Å²) in [5.41, 5.74) is 4.87. The molecule has 1 saturated carbocycles. The number of esters is 1. The summed E-state index contributed by atoms with van der Waals surface area (Å²) < 4.78 is 4.92. The van der Waals surface area contributed by atoms with Crippen LogP contribution in [0.2, 0.25) is 0 Å². The number of ether oxygens (including phenoxy) is 1. The lowest BCUT2D eigenvalue weighted by Crippen LogP contribution is -2.19. The summed E-state index contributed by atoms with van der Waals surface area (Å²) in [4.78, 5) is 21.4. The summed E-state index contributed by atoms with van der Waals surface area (Å²) >= 11 is 0. The molecule has 1 aliphatic rings. The van der Waals surface area contributed by atoms with Gasteiger partial charge in [-0.3, -0.25) is 9.59 Å². The minimum absolute atomic E-state index is 0.301. The predicted molar refractivity (Wildman–Crippen MR) is 56.0 cm³/mol. The Kier molecular flexibility index (Phi) is 5.15. The van der Waals surface area contributed by atoms with Gasteiger partial charge in [0.2, 0.25) is 5.91 Å². The monoisotopic (exact) mass is 213 g/mol. The Bertz CT molecular complexity index is 222. The summed E-state index contributed by atoms with van der Waals surface area (Å²) in [7, 11) is 0. The molecule has 0 aromatic rings. The number of nitrogens with two attached hydrogens (primary N) is 1. The number of rotatable bonds is 5. The highest BCUT2D eigenvalue weighted by Crippen LogP contribution is 2.26. The molecule has 15 heavy (non-hydrogen) atoms. The van der Waals surface area contributed by atoms with Crippen LogP contribution in [-0.4, -0.2) is 18.5 Å². The van der Waals surface area contributed by atoms with Crippen molar-refractivity contribution in [2.75, 3.05) is 6.61 Å². The lowest BCUT2D eigenvalue weighted by molar-refractivity contribution is -0.146. The Morgan fingerprint density at radius 1 is 1.20 bits per heavy atom. The van der Waals surface area contributed by atoms with Gasteiger partial charge in [-0.05, 0) is 12.3 Å². The Labute approximate surface area is 90.2 Å². The summed E-state index contributed by atoms with van der Waals surface area (Å²) in [5.74, 6) is -0.434. The van der Waals surface area contributed by atoms with Gasteiger partial charge >= 0.3 is 5.97 Å². The molecule has 4 nitrogen and oxygen atoms in total. The van der Waals surface area contributed by atoms with E-state index in [-0.39, 0.29) is 6.42 Å². The third kappa shape index (κ3) is 5.40. The smallest absolute Gasteiger partial charge is 0.315 e. The Morgan fingerprint density at radius 2 is 1.87 bits per heavy atom. The van der Waals surface area contributed by atoms with Crippen molar-refractivity contribution in [1.82, 2.24) is 0 Å². The van der Waals surface area contributed by atoms with Crippen molar-refractivity contribution in [3.63, 3.8) is 0 Å². The first-order valence-electron chi connectivity index (χ1n) is 5.62. The van der Waals surface area contributed by atoms with Crippen molar-refractivity contribution in [2.24, 2.45) is 11.7 Å². The number of primary amides is 1. The van der Waals surface area contributed by atoms with Gasteiger partial charge in [-0.15, -0.1) is 0 Å². The number of carbonyl (C=O) groups is 2. The molecule has 0 aromatic carbocycles. The van der Waals surface area contributed by atoms with Gasteiger partial charge in [-0.25, -0.2) is 0 Å². The second-order valence-electron chi connectivity index (χ2n) is 4.16. The van der Waals surface area contributed by atoms with Crippen molar-refractivity contribution in [3.8, 4) is 0 Å². The standard InChI is InChI=1S/C11H19NO3/c12-10(13)8-11(14)15-7-6-9-4-2-1-3-5-9/h9H,1-8H2,(H2,12,13). The first-order valence-corrected chi connectivity index (χ1v) is 5.62. The molecule has 0 bridgehead atoms. The molecule has 0 saturated heterocycles. The van der Waals surface area contributed by atoms with E-state index in [1.54, 1.807) is 0 Å². The van der Waals surface area contributed by atoms with E-state index in [1.807, 2.05) is 0 Å². The molecule has 1 fully saturated rings. The van der Waals surface area contributed by atoms with Crippen LogP contribution in [0.15, 0.2) is 0 Å². The maximum atomic E-state index is 11.0. The van der Waals surface area contributed by atoms with E-state index < -0.39 is 11.9 Å². The summed E-state index contributed by atoms with van der Waals surface area (Å²) in [6.45, 7) is 0.427.